The van der Waals surface area contributed by atoms with Gasteiger partial charge >= 0.3 is 6.03 Å². The van der Waals surface area contributed by atoms with Gasteiger partial charge in [0, 0.05) is 18.0 Å². The monoisotopic (exact) mass is 561 g/mol. The minimum atomic E-state index is -3.99. The second-order valence-electron chi connectivity index (χ2n) is 8.94. The summed E-state index contributed by atoms with van der Waals surface area (Å²) < 4.78 is 32.5. The Morgan fingerprint density at radius 3 is 2.35 bits per heavy atom. The van der Waals surface area contributed by atoms with Gasteiger partial charge in [-0.25, -0.2) is 17.9 Å². The molecule has 0 atom stereocenters. The molecule has 3 aromatic rings. The Morgan fingerprint density at radius 1 is 1.03 bits per heavy atom. The molecule has 3 amide bonds. The van der Waals surface area contributed by atoms with Crippen molar-refractivity contribution in [2.24, 2.45) is 0 Å². The highest BCUT2D eigenvalue weighted by Gasteiger charge is 2.38. The zero-order valence-electron chi connectivity index (χ0n) is 20.2. The normalized spacial score (nSPS) is 19.6. The topological polar surface area (TPSA) is 114 Å². The van der Waals surface area contributed by atoms with Crippen molar-refractivity contribution >= 4 is 44.9 Å². The Morgan fingerprint density at radius 2 is 1.70 bits per heavy atom. The van der Waals surface area contributed by atoms with E-state index in [-0.39, 0.29) is 21.6 Å². The molecule has 0 spiro atoms. The van der Waals surface area contributed by atoms with Crippen LogP contribution in [-0.2, 0) is 15.4 Å². The summed E-state index contributed by atoms with van der Waals surface area (Å²) in [5.41, 5.74) is 1.25. The van der Waals surface area contributed by atoms with Gasteiger partial charge in [0.15, 0.2) is 0 Å². The third-order valence-corrected chi connectivity index (χ3v) is 9.70. The van der Waals surface area contributed by atoms with E-state index in [1.54, 1.807) is 18.2 Å². The molecular weight excluding hydrogens is 534 g/mol. The lowest BCUT2D eigenvalue weighted by molar-refractivity contribution is 0.0932. The van der Waals surface area contributed by atoms with Gasteiger partial charge in [-0.2, -0.15) is 0 Å². The number of urea groups is 1. The summed E-state index contributed by atoms with van der Waals surface area (Å²) in [6.45, 7) is 0.417. The largest absolute Gasteiger partial charge is 0.496 e. The van der Waals surface area contributed by atoms with Crippen molar-refractivity contribution in [1.29, 1.82) is 0 Å². The van der Waals surface area contributed by atoms with Gasteiger partial charge in [0.25, 0.3) is 15.9 Å². The zero-order chi connectivity index (χ0) is 26.5. The SMILES string of the molecule is COc1ccccc1C(=O)NCC1(c2ccccc2)CCC(NC(=O)NS(=O)(=O)c2ccc(Cl)s2)CC1. The molecule has 2 aromatic carbocycles. The Hall–Kier alpha value is -3.08. The van der Waals surface area contributed by atoms with Crippen LogP contribution in [0.15, 0.2) is 70.9 Å². The van der Waals surface area contributed by atoms with Crippen molar-refractivity contribution in [2.75, 3.05) is 13.7 Å². The summed E-state index contributed by atoms with van der Waals surface area (Å²) in [7, 11) is -2.46. The van der Waals surface area contributed by atoms with Crippen LogP contribution in [0, 0.1) is 0 Å². The quantitative estimate of drug-likeness (QED) is 0.369. The second kappa shape index (κ2) is 11.5. The molecule has 1 heterocycles. The van der Waals surface area contributed by atoms with E-state index < -0.39 is 16.1 Å². The maximum absolute atomic E-state index is 13.0. The smallest absolute Gasteiger partial charge is 0.328 e. The molecule has 196 valence electrons. The van der Waals surface area contributed by atoms with Crippen LogP contribution in [0.1, 0.15) is 41.6 Å². The van der Waals surface area contributed by atoms with E-state index in [1.807, 2.05) is 24.3 Å². The van der Waals surface area contributed by atoms with Crippen LogP contribution in [0.5, 0.6) is 5.75 Å². The van der Waals surface area contributed by atoms with Gasteiger partial charge in [-0.05, 0) is 55.5 Å². The average molecular weight is 562 g/mol. The highest BCUT2D eigenvalue weighted by Crippen LogP contribution is 2.39. The number of methoxy groups -OCH3 is 1. The van der Waals surface area contributed by atoms with Gasteiger partial charge in [0.05, 0.1) is 17.0 Å². The molecule has 0 radical (unpaired) electrons. The second-order valence-corrected chi connectivity index (χ2v) is 12.6. The summed E-state index contributed by atoms with van der Waals surface area (Å²) in [6, 6.07) is 18.9. The van der Waals surface area contributed by atoms with Crippen LogP contribution in [0.2, 0.25) is 4.34 Å². The summed E-state index contributed by atoms with van der Waals surface area (Å²) in [5.74, 6) is 0.290. The van der Waals surface area contributed by atoms with Crippen molar-refractivity contribution < 1.29 is 22.7 Å². The predicted octanol–water partition coefficient (Wildman–Crippen LogP) is 4.71. The minimum Gasteiger partial charge on any atom is -0.496 e. The van der Waals surface area contributed by atoms with E-state index in [0.29, 0.717) is 47.9 Å². The third kappa shape index (κ3) is 6.44. The lowest BCUT2D eigenvalue weighted by atomic mass is 9.68. The summed E-state index contributed by atoms with van der Waals surface area (Å²) in [6.07, 6.45) is 2.64. The summed E-state index contributed by atoms with van der Waals surface area (Å²) in [5, 5.41) is 5.87. The molecule has 1 aliphatic rings. The molecule has 0 saturated heterocycles. The number of carbonyl (C=O) groups is 2. The van der Waals surface area contributed by atoms with E-state index in [4.69, 9.17) is 16.3 Å². The lowest BCUT2D eigenvalue weighted by Gasteiger charge is -2.41. The van der Waals surface area contributed by atoms with E-state index in [9.17, 15) is 18.0 Å². The third-order valence-electron chi connectivity index (χ3n) is 6.64. The van der Waals surface area contributed by atoms with Crippen LogP contribution < -0.4 is 20.1 Å². The number of ether oxygens (including phenoxy) is 1. The van der Waals surface area contributed by atoms with Crippen molar-refractivity contribution in [3.05, 3.63) is 82.2 Å². The molecule has 1 aliphatic carbocycles. The number of amides is 3. The number of sulfonamides is 1. The van der Waals surface area contributed by atoms with Crippen LogP contribution in [0.3, 0.4) is 0 Å². The first-order chi connectivity index (χ1) is 17.7. The lowest BCUT2D eigenvalue weighted by Crippen LogP contribution is -2.50. The Bertz CT molecular complexity index is 1350. The number of benzene rings is 2. The predicted molar refractivity (Wildman–Crippen MR) is 144 cm³/mol. The molecule has 0 unspecified atom stereocenters. The van der Waals surface area contributed by atoms with Gasteiger partial charge in [-0.3, -0.25) is 4.79 Å². The first-order valence-electron chi connectivity index (χ1n) is 11.8. The number of nitrogens with one attached hydrogen (secondary N) is 3. The molecule has 8 nitrogen and oxygen atoms in total. The number of thiophene rings is 1. The number of para-hydroxylation sites is 1. The van der Waals surface area contributed by atoms with Gasteiger partial charge in [-0.15, -0.1) is 11.3 Å². The highest BCUT2D eigenvalue weighted by molar-refractivity contribution is 7.92. The average Bonchev–Trinajstić information content (AvgIpc) is 3.36. The Balaban J connectivity index is 1.41. The first kappa shape index (κ1) is 27.0. The fraction of sp³-hybridized carbons (Fsp3) is 0.308. The maximum Gasteiger partial charge on any atom is 0.328 e. The molecule has 3 N–H and O–H groups in total. The molecule has 11 heteroatoms. The standard InChI is InChI=1S/C26H28ClN3O5S2/c1-35-21-10-6-5-9-20(21)24(31)28-17-26(18-7-3-2-4-8-18)15-13-19(14-16-26)29-25(32)30-37(33,34)23-12-11-22(27)36-23/h2-12,19H,13-17H2,1H3,(H,28,31)(H2,29,30,32). The minimum absolute atomic E-state index is 0.0230. The number of carbonyl (C=O) groups excluding carboxylic acids is 2. The molecular formula is C26H28ClN3O5S2. The molecule has 0 aliphatic heterocycles. The molecule has 1 saturated carbocycles. The maximum atomic E-state index is 13.0. The number of hydrogen-bond acceptors (Lipinski definition) is 6. The van der Waals surface area contributed by atoms with Crippen LogP contribution in [0.4, 0.5) is 4.79 Å². The van der Waals surface area contributed by atoms with Gasteiger partial charge < -0.3 is 15.4 Å². The van der Waals surface area contributed by atoms with Crippen molar-refractivity contribution in [3.8, 4) is 5.75 Å². The van der Waals surface area contributed by atoms with Crippen molar-refractivity contribution in [2.45, 2.75) is 41.3 Å². The van der Waals surface area contributed by atoms with Gasteiger partial charge in [0.1, 0.15) is 9.96 Å². The van der Waals surface area contributed by atoms with Crippen LogP contribution in [0.25, 0.3) is 0 Å². The molecule has 1 fully saturated rings. The first-order valence-corrected chi connectivity index (χ1v) is 14.5. The van der Waals surface area contributed by atoms with Gasteiger partial charge in [-0.1, -0.05) is 54.1 Å². The van der Waals surface area contributed by atoms with E-state index >= 15 is 0 Å². The van der Waals surface area contributed by atoms with E-state index in [1.165, 1.54) is 19.2 Å². The van der Waals surface area contributed by atoms with E-state index in [2.05, 4.69) is 27.5 Å². The summed E-state index contributed by atoms with van der Waals surface area (Å²) >= 11 is 6.71. The number of halogens is 1. The van der Waals surface area contributed by atoms with Gasteiger partial charge in [0.2, 0.25) is 0 Å². The van der Waals surface area contributed by atoms with Crippen molar-refractivity contribution in [3.63, 3.8) is 0 Å². The zero-order valence-corrected chi connectivity index (χ0v) is 22.6. The number of rotatable bonds is 8. The van der Waals surface area contributed by atoms with Crippen LogP contribution >= 0.6 is 22.9 Å². The summed E-state index contributed by atoms with van der Waals surface area (Å²) in [4.78, 5) is 25.5. The Kier molecular flexibility index (Phi) is 8.41. The fourth-order valence-electron chi connectivity index (χ4n) is 4.68. The number of hydrogen-bond donors (Lipinski definition) is 3. The molecule has 0 bridgehead atoms. The van der Waals surface area contributed by atoms with Crippen LogP contribution in [-0.4, -0.2) is 40.1 Å². The van der Waals surface area contributed by atoms with E-state index in [0.717, 1.165) is 16.9 Å². The Labute approximate surface area is 225 Å². The molecule has 4 rings (SSSR count). The highest BCUT2D eigenvalue weighted by atomic mass is 35.5. The fourth-order valence-corrected chi connectivity index (χ4v) is 7.08. The molecule has 37 heavy (non-hydrogen) atoms. The molecule has 1 aromatic heterocycles. The van der Waals surface area contributed by atoms with Crippen molar-refractivity contribution in [1.82, 2.24) is 15.4 Å².